The maximum atomic E-state index is 10.6. The lowest BCUT2D eigenvalue weighted by Crippen LogP contribution is -2.00. The molecule has 0 saturated carbocycles. The molecule has 0 aliphatic rings. The molecule has 0 amide bonds. The van der Waals surface area contributed by atoms with Gasteiger partial charge >= 0.3 is 0 Å². The van der Waals surface area contributed by atoms with Gasteiger partial charge in [-0.2, -0.15) is 10.4 Å². The first-order chi connectivity index (χ1) is 7.03. The summed E-state index contributed by atoms with van der Waals surface area (Å²) in [7, 11) is 1.54. The predicted molar refractivity (Wildman–Crippen MR) is 57.1 cm³/mol. The average molecular weight is 264 g/mol. The molecule has 0 spiro atoms. The standard InChI is InChI=1S/C7H6ClN3O2S2/c8-15(12,13)4-3-14-7-6(5-9)1-2-10-11-7/h1-2H,3-4H2. The lowest BCUT2D eigenvalue weighted by molar-refractivity contribution is 0.611. The number of hydrogen-bond donors (Lipinski definition) is 0. The van der Waals surface area contributed by atoms with Crippen molar-refractivity contribution in [1.82, 2.24) is 10.2 Å². The molecule has 1 aromatic rings. The number of thioether (sulfide) groups is 1. The summed E-state index contributed by atoms with van der Waals surface area (Å²) >= 11 is 1.14. The van der Waals surface area contributed by atoms with Gasteiger partial charge in [0.1, 0.15) is 11.1 Å². The first-order valence-electron chi connectivity index (χ1n) is 3.80. The Labute approximate surface area is 95.9 Å². The van der Waals surface area contributed by atoms with Crippen LogP contribution in [0.3, 0.4) is 0 Å². The monoisotopic (exact) mass is 263 g/mol. The minimum Gasteiger partial charge on any atom is -0.212 e. The zero-order chi connectivity index (χ0) is 11.3. The summed E-state index contributed by atoms with van der Waals surface area (Å²) in [6.07, 6.45) is 1.40. The number of hydrogen-bond acceptors (Lipinski definition) is 6. The smallest absolute Gasteiger partial charge is 0.212 e. The van der Waals surface area contributed by atoms with Gasteiger partial charge in [-0.25, -0.2) is 8.42 Å². The van der Waals surface area contributed by atoms with Crippen molar-refractivity contribution in [2.24, 2.45) is 0 Å². The number of rotatable bonds is 4. The topological polar surface area (TPSA) is 83.7 Å². The molecule has 1 heterocycles. The van der Waals surface area contributed by atoms with Crippen molar-refractivity contribution in [1.29, 1.82) is 5.26 Å². The maximum absolute atomic E-state index is 10.6. The first kappa shape index (κ1) is 12.2. The SMILES string of the molecule is N#Cc1ccnnc1SCCS(=O)(=O)Cl. The summed E-state index contributed by atoms with van der Waals surface area (Å²) in [5, 5.41) is 16.4. The van der Waals surface area contributed by atoms with Crippen LogP contribution in [0.15, 0.2) is 17.3 Å². The molecule has 0 aromatic carbocycles. The number of nitrogens with zero attached hydrogens (tertiary/aromatic N) is 3. The minimum absolute atomic E-state index is 0.166. The van der Waals surface area contributed by atoms with E-state index in [2.05, 4.69) is 10.2 Å². The Morgan fingerprint density at radius 1 is 1.60 bits per heavy atom. The third kappa shape index (κ3) is 4.46. The molecule has 0 fully saturated rings. The van der Waals surface area contributed by atoms with Crippen LogP contribution in [-0.2, 0) is 9.05 Å². The van der Waals surface area contributed by atoms with Crippen molar-refractivity contribution in [2.75, 3.05) is 11.5 Å². The molecule has 0 radical (unpaired) electrons. The molecule has 0 aliphatic carbocycles. The van der Waals surface area contributed by atoms with E-state index in [1.54, 1.807) is 0 Å². The molecule has 0 unspecified atom stereocenters. The average Bonchev–Trinajstić information content (AvgIpc) is 2.16. The van der Waals surface area contributed by atoms with Gasteiger partial charge in [0.15, 0.2) is 0 Å². The van der Waals surface area contributed by atoms with Crippen LogP contribution in [0.5, 0.6) is 0 Å². The lowest BCUT2D eigenvalue weighted by Gasteiger charge is -1.99. The highest BCUT2D eigenvalue weighted by Crippen LogP contribution is 2.18. The fraction of sp³-hybridized carbons (Fsp3) is 0.286. The minimum atomic E-state index is -3.49. The van der Waals surface area contributed by atoms with Gasteiger partial charge in [0.25, 0.3) is 0 Å². The first-order valence-corrected chi connectivity index (χ1v) is 7.26. The van der Waals surface area contributed by atoms with Crippen LogP contribution in [0.4, 0.5) is 0 Å². The summed E-state index contributed by atoms with van der Waals surface area (Å²) in [4.78, 5) is 0. The third-order valence-electron chi connectivity index (χ3n) is 1.37. The molecule has 0 bridgehead atoms. The molecule has 8 heteroatoms. The Hall–Kier alpha value is -0.840. The van der Waals surface area contributed by atoms with Gasteiger partial charge in [-0.3, -0.25) is 0 Å². The van der Waals surface area contributed by atoms with Crippen molar-refractivity contribution in [3.63, 3.8) is 0 Å². The molecule has 1 rings (SSSR count). The second-order valence-electron chi connectivity index (χ2n) is 2.45. The third-order valence-corrected chi connectivity index (χ3v) is 3.77. The van der Waals surface area contributed by atoms with Crippen LogP contribution in [0, 0.1) is 11.3 Å². The van der Waals surface area contributed by atoms with Gasteiger partial charge in [-0.1, -0.05) is 0 Å². The van der Waals surface area contributed by atoms with E-state index in [0.717, 1.165) is 11.8 Å². The normalized spacial score (nSPS) is 10.9. The Bertz CT molecular complexity index is 483. The highest BCUT2D eigenvalue weighted by molar-refractivity contribution is 8.14. The molecule has 0 N–H and O–H groups in total. The van der Waals surface area contributed by atoms with E-state index in [9.17, 15) is 8.42 Å². The Kier molecular flexibility index (Phi) is 4.32. The van der Waals surface area contributed by atoms with E-state index in [4.69, 9.17) is 15.9 Å². The quantitative estimate of drug-likeness (QED) is 0.595. The highest BCUT2D eigenvalue weighted by Gasteiger charge is 2.08. The second kappa shape index (κ2) is 5.30. The van der Waals surface area contributed by atoms with Crippen molar-refractivity contribution in [3.05, 3.63) is 17.8 Å². The van der Waals surface area contributed by atoms with Crippen LogP contribution < -0.4 is 0 Å². The van der Waals surface area contributed by atoms with Gasteiger partial charge in [0.05, 0.1) is 17.5 Å². The molecular weight excluding hydrogens is 258 g/mol. The predicted octanol–water partition coefficient (Wildman–Crippen LogP) is 1.01. The molecular formula is C7H6ClN3O2S2. The van der Waals surface area contributed by atoms with Gasteiger partial charge in [-0.15, -0.1) is 16.9 Å². The number of nitriles is 1. The van der Waals surface area contributed by atoms with E-state index >= 15 is 0 Å². The summed E-state index contributed by atoms with van der Waals surface area (Å²) in [6.45, 7) is 0. The van der Waals surface area contributed by atoms with E-state index in [0.29, 0.717) is 10.6 Å². The maximum Gasteiger partial charge on any atom is 0.233 e. The summed E-state index contributed by atoms with van der Waals surface area (Å²) in [5.74, 6) is 0.0832. The number of halogens is 1. The van der Waals surface area contributed by atoms with Crippen LogP contribution in [0.2, 0.25) is 0 Å². The number of aromatic nitrogens is 2. The van der Waals surface area contributed by atoms with Crippen LogP contribution in [0.25, 0.3) is 0 Å². The summed E-state index contributed by atoms with van der Waals surface area (Å²) in [5.41, 5.74) is 0.377. The van der Waals surface area contributed by atoms with Crippen LogP contribution >= 0.6 is 22.4 Å². The molecule has 5 nitrogen and oxygen atoms in total. The molecule has 0 saturated heterocycles. The Morgan fingerprint density at radius 2 is 2.33 bits per heavy atom. The molecule has 0 aliphatic heterocycles. The fourth-order valence-electron chi connectivity index (χ4n) is 0.748. The second-order valence-corrected chi connectivity index (χ2v) is 6.43. The summed E-state index contributed by atoms with van der Waals surface area (Å²) < 4.78 is 21.3. The molecule has 15 heavy (non-hydrogen) atoms. The van der Waals surface area contributed by atoms with E-state index in [1.807, 2.05) is 6.07 Å². The largest absolute Gasteiger partial charge is 0.233 e. The Balaban J connectivity index is 2.63. The van der Waals surface area contributed by atoms with E-state index < -0.39 is 9.05 Å². The van der Waals surface area contributed by atoms with Gasteiger partial charge in [-0.05, 0) is 6.07 Å². The molecule has 0 atom stereocenters. The highest BCUT2D eigenvalue weighted by atomic mass is 35.7. The van der Waals surface area contributed by atoms with Gasteiger partial charge < -0.3 is 0 Å². The zero-order valence-electron chi connectivity index (χ0n) is 7.42. The van der Waals surface area contributed by atoms with Crippen molar-refractivity contribution in [2.45, 2.75) is 5.03 Å². The summed E-state index contributed by atoms with van der Waals surface area (Å²) in [6, 6.07) is 3.46. The van der Waals surface area contributed by atoms with Crippen molar-refractivity contribution in [3.8, 4) is 6.07 Å². The van der Waals surface area contributed by atoms with Crippen LogP contribution in [-0.4, -0.2) is 30.1 Å². The van der Waals surface area contributed by atoms with Crippen molar-refractivity contribution < 1.29 is 8.42 Å². The Morgan fingerprint density at radius 3 is 2.93 bits per heavy atom. The molecule has 1 aromatic heterocycles. The van der Waals surface area contributed by atoms with Crippen molar-refractivity contribution >= 4 is 31.5 Å². The van der Waals surface area contributed by atoms with Gasteiger partial charge in [0, 0.05) is 16.4 Å². The molecule has 80 valence electrons. The zero-order valence-corrected chi connectivity index (χ0v) is 9.81. The van der Waals surface area contributed by atoms with Gasteiger partial charge in [0.2, 0.25) is 9.05 Å². The fourth-order valence-corrected chi connectivity index (χ4v) is 3.01. The lowest BCUT2D eigenvalue weighted by atomic mass is 10.3. The van der Waals surface area contributed by atoms with E-state index in [-0.39, 0.29) is 11.5 Å². The van der Waals surface area contributed by atoms with Crippen LogP contribution in [0.1, 0.15) is 5.56 Å². The van der Waals surface area contributed by atoms with E-state index in [1.165, 1.54) is 12.3 Å².